The summed E-state index contributed by atoms with van der Waals surface area (Å²) in [6.45, 7) is 5.40. The van der Waals surface area contributed by atoms with Crippen LogP contribution in [0.2, 0.25) is 0 Å². The largest absolute Gasteiger partial charge is 0.480 e. The molecule has 0 aliphatic heterocycles. The summed E-state index contributed by atoms with van der Waals surface area (Å²) in [5, 5.41) is 11.9. The molecule has 0 spiro atoms. The van der Waals surface area contributed by atoms with E-state index in [1.54, 1.807) is 14.0 Å². The number of hydrogen-bond donors (Lipinski definition) is 2. The Hall–Kier alpha value is -0.830. The van der Waals surface area contributed by atoms with E-state index in [0.29, 0.717) is 6.42 Å². The van der Waals surface area contributed by atoms with Gasteiger partial charge in [-0.2, -0.15) is 0 Å². The average molecular weight is 213 g/mol. The summed E-state index contributed by atoms with van der Waals surface area (Å²) < 4.78 is 0. The van der Waals surface area contributed by atoms with Gasteiger partial charge in [-0.15, -0.1) is 6.58 Å². The number of carboxylic acid groups (broad SMARTS) is 1. The lowest BCUT2D eigenvalue weighted by atomic mass is 9.94. The minimum absolute atomic E-state index is 0.687. The van der Waals surface area contributed by atoms with Gasteiger partial charge in [0.2, 0.25) is 0 Å². The monoisotopic (exact) mass is 213 g/mol. The van der Waals surface area contributed by atoms with Crippen LogP contribution in [0, 0.1) is 0 Å². The fraction of sp³-hybridized carbons (Fsp3) is 0.750. The van der Waals surface area contributed by atoms with Crippen LogP contribution in [0.25, 0.3) is 0 Å². The number of allylic oxidation sites excluding steroid dienone is 1. The Morgan fingerprint density at radius 3 is 2.47 bits per heavy atom. The van der Waals surface area contributed by atoms with Crippen LogP contribution in [0.1, 0.15) is 45.4 Å². The molecule has 0 saturated carbocycles. The third-order valence-corrected chi connectivity index (χ3v) is 2.86. The molecule has 88 valence electrons. The molecule has 0 amide bonds. The molecular weight excluding hydrogens is 190 g/mol. The zero-order chi connectivity index (χ0) is 11.7. The molecule has 0 bridgehead atoms. The second-order valence-corrected chi connectivity index (χ2v) is 4.13. The van der Waals surface area contributed by atoms with Crippen molar-refractivity contribution >= 4 is 5.97 Å². The number of rotatable bonds is 9. The number of aliphatic carboxylic acids is 1. The molecule has 0 rings (SSSR count). The predicted octanol–water partition coefficient (Wildman–Crippen LogP) is 2.58. The lowest BCUT2D eigenvalue weighted by Crippen LogP contribution is -2.47. The van der Waals surface area contributed by atoms with E-state index in [4.69, 9.17) is 5.11 Å². The molecule has 0 aliphatic carbocycles. The highest BCUT2D eigenvalue weighted by Gasteiger charge is 2.29. The summed E-state index contributed by atoms with van der Waals surface area (Å²) in [5.41, 5.74) is -0.765. The fourth-order valence-corrected chi connectivity index (χ4v) is 1.46. The van der Waals surface area contributed by atoms with Crippen molar-refractivity contribution in [3.63, 3.8) is 0 Å². The van der Waals surface area contributed by atoms with Crippen molar-refractivity contribution in [1.29, 1.82) is 0 Å². The third-order valence-electron chi connectivity index (χ3n) is 2.86. The number of unbranched alkanes of at least 4 members (excludes halogenated alkanes) is 4. The Bertz CT molecular complexity index is 204. The van der Waals surface area contributed by atoms with Gasteiger partial charge in [-0.05, 0) is 33.2 Å². The number of hydrogen-bond acceptors (Lipinski definition) is 2. The van der Waals surface area contributed by atoms with Gasteiger partial charge < -0.3 is 10.4 Å². The predicted molar refractivity (Wildman–Crippen MR) is 63.0 cm³/mol. The van der Waals surface area contributed by atoms with Crippen molar-refractivity contribution < 1.29 is 9.90 Å². The number of likely N-dealkylation sites (N-methyl/N-ethyl adjacent to an activating group) is 1. The van der Waals surface area contributed by atoms with Crippen molar-refractivity contribution in [2.75, 3.05) is 7.05 Å². The molecule has 3 nitrogen and oxygen atoms in total. The van der Waals surface area contributed by atoms with Gasteiger partial charge in [0.15, 0.2) is 0 Å². The standard InChI is InChI=1S/C12H23NO2/c1-4-5-6-7-8-9-10-12(2,13-3)11(14)15/h4,13H,1,5-10H2,2-3H3,(H,14,15)/t12-/m1/s1. The minimum Gasteiger partial charge on any atom is -0.480 e. The minimum atomic E-state index is -0.768. The molecule has 3 heteroatoms. The van der Waals surface area contributed by atoms with E-state index in [2.05, 4.69) is 11.9 Å². The molecule has 0 saturated heterocycles. The first-order chi connectivity index (χ1) is 7.06. The maximum atomic E-state index is 10.9. The van der Waals surface area contributed by atoms with Crippen molar-refractivity contribution in [3.05, 3.63) is 12.7 Å². The van der Waals surface area contributed by atoms with E-state index in [1.807, 2.05) is 6.08 Å². The Labute approximate surface area is 92.6 Å². The van der Waals surface area contributed by atoms with E-state index in [0.717, 1.165) is 32.1 Å². The molecular formula is C12H23NO2. The molecule has 0 aliphatic rings. The Morgan fingerprint density at radius 1 is 1.40 bits per heavy atom. The van der Waals surface area contributed by atoms with Gasteiger partial charge in [0.05, 0.1) is 0 Å². The first-order valence-corrected chi connectivity index (χ1v) is 5.60. The first kappa shape index (κ1) is 14.2. The van der Waals surface area contributed by atoms with Gasteiger partial charge in [0.1, 0.15) is 5.54 Å². The zero-order valence-electron chi connectivity index (χ0n) is 9.88. The van der Waals surface area contributed by atoms with Crippen molar-refractivity contribution in [1.82, 2.24) is 5.32 Å². The van der Waals surface area contributed by atoms with Gasteiger partial charge in [-0.25, -0.2) is 0 Å². The summed E-state index contributed by atoms with van der Waals surface area (Å²) in [7, 11) is 1.70. The van der Waals surface area contributed by atoms with E-state index >= 15 is 0 Å². The van der Waals surface area contributed by atoms with Crippen molar-refractivity contribution in [2.45, 2.75) is 51.0 Å². The smallest absolute Gasteiger partial charge is 0.323 e. The normalized spacial score (nSPS) is 14.5. The van der Waals surface area contributed by atoms with Crippen LogP contribution in [0.15, 0.2) is 12.7 Å². The lowest BCUT2D eigenvalue weighted by molar-refractivity contribution is -0.144. The Balaban J connectivity index is 3.64. The topological polar surface area (TPSA) is 49.3 Å². The van der Waals surface area contributed by atoms with Crippen LogP contribution in [0.5, 0.6) is 0 Å². The molecule has 0 aromatic heterocycles. The molecule has 0 heterocycles. The van der Waals surface area contributed by atoms with Gasteiger partial charge in [0.25, 0.3) is 0 Å². The second-order valence-electron chi connectivity index (χ2n) is 4.13. The molecule has 0 aromatic carbocycles. The van der Waals surface area contributed by atoms with E-state index in [9.17, 15) is 4.79 Å². The quantitative estimate of drug-likeness (QED) is 0.457. The van der Waals surface area contributed by atoms with Gasteiger partial charge in [0, 0.05) is 0 Å². The maximum Gasteiger partial charge on any atom is 0.323 e. The SMILES string of the molecule is C=CCCCCCC[C@@](C)(NC)C(=O)O. The van der Waals surface area contributed by atoms with Gasteiger partial charge in [-0.3, -0.25) is 4.79 Å². The molecule has 15 heavy (non-hydrogen) atoms. The van der Waals surface area contributed by atoms with Crippen LogP contribution < -0.4 is 5.32 Å². The highest BCUT2D eigenvalue weighted by Crippen LogP contribution is 2.15. The van der Waals surface area contributed by atoms with Gasteiger partial charge >= 0.3 is 5.97 Å². The Kier molecular flexibility index (Phi) is 7.05. The molecule has 1 atom stereocenters. The van der Waals surface area contributed by atoms with Gasteiger partial charge in [-0.1, -0.05) is 25.3 Å². The first-order valence-electron chi connectivity index (χ1n) is 5.60. The van der Waals surface area contributed by atoms with Crippen molar-refractivity contribution in [3.8, 4) is 0 Å². The number of nitrogens with one attached hydrogen (secondary N) is 1. The average Bonchev–Trinajstić information content (AvgIpc) is 2.22. The number of carbonyl (C=O) groups is 1. The van der Waals surface area contributed by atoms with Crippen LogP contribution in [-0.2, 0) is 4.79 Å². The number of carboxylic acids is 1. The van der Waals surface area contributed by atoms with Crippen LogP contribution in [0.3, 0.4) is 0 Å². The molecule has 0 aromatic rings. The summed E-state index contributed by atoms with van der Waals surface area (Å²) in [6.07, 6.45) is 8.04. The third kappa shape index (κ3) is 5.57. The molecule has 0 unspecified atom stereocenters. The zero-order valence-corrected chi connectivity index (χ0v) is 9.88. The fourth-order valence-electron chi connectivity index (χ4n) is 1.46. The summed E-state index contributed by atoms with van der Waals surface area (Å²) >= 11 is 0. The summed E-state index contributed by atoms with van der Waals surface area (Å²) in [5.74, 6) is -0.768. The maximum absolute atomic E-state index is 10.9. The molecule has 0 fully saturated rings. The molecule has 0 radical (unpaired) electrons. The second kappa shape index (κ2) is 7.46. The highest BCUT2D eigenvalue weighted by atomic mass is 16.4. The highest BCUT2D eigenvalue weighted by molar-refractivity contribution is 5.78. The van der Waals surface area contributed by atoms with Crippen LogP contribution in [0.4, 0.5) is 0 Å². The molecule has 2 N–H and O–H groups in total. The van der Waals surface area contributed by atoms with E-state index in [-0.39, 0.29) is 0 Å². The Morgan fingerprint density at radius 2 is 2.00 bits per heavy atom. The van der Waals surface area contributed by atoms with E-state index < -0.39 is 11.5 Å². The van der Waals surface area contributed by atoms with Crippen LogP contribution in [-0.4, -0.2) is 23.7 Å². The summed E-state index contributed by atoms with van der Waals surface area (Å²) in [6, 6.07) is 0. The van der Waals surface area contributed by atoms with E-state index in [1.165, 1.54) is 0 Å². The van der Waals surface area contributed by atoms with Crippen LogP contribution >= 0.6 is 0 Å². The van der Waals surface area contributed by atoms with Crippen molar-refractivity contribution in [2.24, 2.45) is 0 Å². The lowest BCUT2D eigenvalue weighted by Gasteiger charge is -2.23. The summed E-state index contributed by atoms with van der Waals surface area (Å²) in [4.78, 5) is 10.9.